The molecule has 0 spiro atoms. The lowest BCUT2D eigenvalue weighted by Gasteiger charge is -2.42. The number of benzene rings is 1. The number of hydrogen-bond donors (Lipinski definition) is 2. The van der Waals surface area contributed by atoms with Gasteiger partial charge < -0.3 is 10.4 Å². The van der Waals surface area contributed by atoms with E-state index in [0.717, 1.165) is 48.9 Å². The lowest BCUT2D eigenvalue weighted by atomic mass is 9.91. The largest absolute Gasteiger partial charge is 0.480 e. The molecule has 0 radical (unpaired) electrons. The van der Waals surface area contributed by atoms with Gasteiger partial charge in [-0.1, -0.05) is 32.4 Å². The van der Waals surface area contributed by atoms with Crippen molar-refractivity contribution in [1.82, 2.24) is 19.8 Å². The third kappa shape index (κ3) is 4.51. The van der Waals surface area contributed by atoms with Crippen molar-refractivity contribution in [3.63, 3.8) is 0 Å². The Hall–Kier alpha value is -2.25. The first kappa shape index (κ1) is 20.0. The van der Waals surface area contributed by atoms with Crippen LogP contribution in [0.3, 0.4) is 0 Å². The van der Waals surface area contributed by atoms with E-state index >= 15 is 0 Å². The van der Waals surface area contributed by atoms with Crippen molar-refractivity contribution in [2.24, 2.45) is 5.92 Å². The molecule has 0 unspecified atom stereocenters. The molecule has 4 rings (SSSR count). The number of carboxylic acid groups (broad SMARTS) is 1. The molecule has 2 heterocycles. The van der Waals surface area contributed by atoms with Crippen molar-refractivity contribution in [1.29, 1.82) is 0 Å². The van der Waals surface area contributed by atoms with Gasteiger partial charge in [-0.2, -0.15) is 0 Å². The number of para-hydroxylation sites is 1. The summed E-state index contributed by atoms with van der Waals surface area (Å²) in [4.78, 5) is 26.2. The molecule has 1 aliphatic heterocycles. The minimum atomic E-state index is -0.864. The minimum Gasteiger partial charge on any atom is -0.480 e. The summed E-state index contributed by atoms with van der Waals surface area (Å²) < 4.78 is 0. The third-order valence-corrected chi connectivity index (χ3v) is 6.24. The summed E-state index contributed by atoms with van der Waals surface area (Å²) in [7, 11) is 0. The summed E-state index contributed by atoms with van der Waals surface area (Å²) in [6, 6.07) is 7.91. The van der Waals surface area contributed by atoms with Crippen LogP contribution in [0.2, 0.25) is 0 Å². The van der Waals surface area contributed by atoms with Crippen LogP contribution < -0.4 is 5.32 Å². The van der Waals surface area contributed by atoms with Crippen LogP contribution >= 0.6 is 0 Å². The first-order valence-electron chi connectivity index (χ1n) is 10.7. The molecule has 7 nitrogen and oxygen atoms in total. The number of aromatic nitrogens is 2. The second-order valence-electron chi connectivity index (χ2n) is 8.61. The molecule has 1 atom stereocenters. The normalized spacial score (nSPS) is 20.0. The molecule has 1 saturated carbocycles. The Labute approximate surface area is 172 Å². The van der Waals surface area contributed by atoms with Crippen LogP contribution in [0.25, 0.3) is 10.9 Å². The van der Waals surface area contributed by atoms with E-state index in [0.29, 0.717) is 12.4 Å². The fourth-order valence-corrected chi connectivity index (χ4v) is 4.20. The van der Waals surface area contributed by atoms with Gasteiger partial charge in [0, 0.05) is 37.6 Å². The number of hydrogen-bond acceptors (Lipinski definition) is 6. The van der Waals surface area contributed by atoms with Gasteiger partial charge in [-0.05, 0) is 30.9 Å². The predicted molar refractivity (Wildman–Crippen MR) is 114 cm³/mol. The van der Waals surface area contributed by atoms with E-state index in [1.165, 1.54) is 19.3 Å². The molecule has 1 saturated heterocycles. The Morgan fingerprint density at radius 3 is 2.52 bits per heavy atom. The molecule has 0 amide bonds. The van der Waals surface area contributed by atoms with E-state index in [9.17, 15) is 9.90 Å². The summed E-state index contributed by atoms with van der Waals surface area (Å²) in [5.41, 5.74) is 0.848. The lowest BCUT2D eigenvalue weighted by Crippen LogP contribution is -2.51. The number of nitrogens with zero attached hydrogens (tertiary/aromatic N) is 4. The molecule has 156 valence electrons. The molecule has 2 fully saturated rings. The molecule has 29 heavy (non-hydrogen) atoms. The van der Waals surface area contributed by atoms with Crippen LogP contribution in [0.1, 0.15) is 38.9 Å². The number of carbonyl (C=O) groups is 1. The van der Waals surface area contributed by atoms with Crippen LogP contribution in [0.15, 0.2) is 24.3 Å². The van der Waals surface area contributed by atoms with Gasteiger partial charge in [-0.25, -0.2) is 14.8 Å². The van der Waals surface area contributed by atoms with E-state index in [2.05, 4.69) is 15.1 Å². The zero-order chi connectivity index (χ0) is 20.4. The lowest BCUT2D eigenvalue weighted by molar-refractivity contribution is -0.138. The average Bonchev–Trinajstić information content (AvgIpc) is 2.65. The Morgan fingerprint density at radius 1 is 1.17 bits per heavy atom. The van der Waals surface area contributed by atoms with Crippen LogP contribution in [-0.2, 0) is 11.3 Å². The maximum Gasteiger partial charge on any atom is 0.326 e. The molecule has 1 aromatic carbocycles. The molecule has 7 heteroatoms. The fraction of sp³-hybridized carbons (Fsp3) is 0.591. The Kier molecular flexibility index (Phi) is 5.96. The van der Waals surface area contributed by atoms with Crippen LogP contribution in [0, 0.1) is 5.92 Å². The summed E-state index contributed by atoms with van der Waals surface area (Å²) >= 11 is 0. The SMILES string of the molecule is CC(C)[C@H](Nc1nc(CN2CCN(C3CCC3)CC2)nc2ccccc12)C(=O)O. The van der Waals surface area contributed by atoms with Crippen molar-refractivity contribution < 1.29 is 9.90 Å². The number of nitrogens with one attached hydrogen (secondary N) is 1. The summed E-state index contributed by atoms with van der Waals surface area (Å²) in [5.74, 6) is 0.441. The van der Waals surface area contributed by atoms with Gasteiger partial charge in [0.1, 0.15) is 17.7 Å². The van der Waals surface area contributed by atoms with Crippen molar-refractivity contribution in [3.05, 3.63) is 30.1 Å². The second-order valence-corrected chi connectivity index (χ2v) is 8.61. The molecule has 0 bridgehead atoms. The smallest absolute Gasteiger partial charge is 0.326 e. The van der Waals surface area contributed by atoms with Gasteiger partial charge in [0.25, 0.3) is 0 Å². The van der Waals surface area contributed by atoms with Crippen molar-refractivity contribution in [2.45, 2.75) is 51.7 Å². The molecule has 2 aliphatic rings. The second kappa shape index (κ2) is 8.63. The average molecular weight is 398 g/mol. The Morgan fingerprint density at radius 2 is 1.90 bits per heavy atom. The highest BCUT2D eigenvalue weighted by molar-refractivity contribution is 5.91. The highest BCUT2D eigenvalue weighted by Gasteiger charge is 2.28. The van der Waals surface area contributed by atoms with Crippen LogP contribution in [0.5, 0.6) is 0 Å². The maximum absolute atomic E-state index is 11.7. The quantitative estimate of drug-likeness (QED) is 0.743. The number of rotatable bonds is 7. The summed E-state index contributed by atoms with van der Waals surface area (Å²) in [6.45, 7) is 8.76. The number of fused-ring (bicyclic) bond motifs is 1. The Bertz CT molecular complexity index is 859. The van der Waals surface area contributed by atoms with Crippen molar-refractivity contribution in [3.8, 4) is 0 Å². The first-order valence-corrected chi connectivity index (χ1v) is 10.7. The molecular weight excluding hydrogens is 366 g/mol. The first-order chi connectivity index (χ1) is 14.0. The third-order valence-electron chi connectivity index (χ3n) is 6.24. The van der Waals surface area contributed by atoms with Gasteiger partial charge in [0.15, 0.2) is 0 Å². The summed E-state index contributed by atoms with van der Waals surface area (Å²) in [5, 5.41) is 13.6. The van der Waals surface area contributed by atoms with Crippen LogP contribution in [-0.4, -0.2) is 69.1 Å². The fourth-order valence-electron chi connectivity index (χ4n) is 4.20. The van der Waals surface area contributed by atoms with E-state index in [4.69, 9.17) is 9.97 Å². The number of piperazine rings is 1. The van der Waals surface area contributed by atoms with Crippen molar-refractivity contribution in [2.75, 3.05) is 31.5 Å². The van der Waals surface area contributed by atoms with E-state index in [1.807, 2.05) is 38.1 Å². The number of anilines is 1. The van der Waals surface area contributed by atoms with E-state index in [-0.39, 0.29) is 5.92 Å². The van der Waals surface area contributed by atoms with Crippen LogP contribution in [0.4, 0.5) is 5.82 Å². The zero-order valence-electron chi connectivity index (χ0n) is 17.3. The molecule has 1 aromatic heterocycles. The highest BCUT2D eigenvalue weighted by Crippen LogP contribution is 2.26. The van der Waals surface area contributed by atoms with Gasteiger partial charge in [0.2, 0.25) is 0 Å². The standard InChI is InChI=1S/C22H31N5O2/c1-15(2)20(22(28)29)25-21-17-8-3-4-9-18(17)23-19(24-21)14-26-10-12-27(13-11-26)16-6-5-7-16/h3-4,8-9,15-16,20H,5-7,10-14H2,1-2H3,(H,28,29)(H,23,24,25)/t20-/m0/s1. The summed E-state index contributed by atoms with van der Waals surface area (Å²) in [6.07, 6.45) is 4.08. The van der Waals surface area contributed by atoms with Gasteiger partial charge in [0.05, 0.1) is 12.1 Å². The van der Waals surface area contributed by atoms with E-state index in [1.54, 1.807) is 0 Å². The monoisotopic (exact) mass is 397 g/mol. The predicted octanol–water partition coefficient (Wildman–Crippen LogP) is 2.82. The Balaban J connectivity index is 1.51. The van der Waals surface area contributed by atoms with Gasteiger partial charge in [-0.3, -0.25) is 9.80 Å². The van der Waals surface area contributed by atoms with Crippen molar-refractivity contribution >= 4 is 22.7 Å². The molecule has 1 aliphatic carbocycles. The topological polar surface area (TPSA) is 81.6 Å². The van der Waals surface area contributed by atoms with E-state index < -0.39 is 12.0 Å². The number of aliphatic carboxylic acids is 1. The maximum atomic E-state index is 11.7. The zero-order valence-corrected chi connectivity index (χ0v) is 17.3. The highest BCUT2D eigenvalue weighted by atomic mass is 16.4. The number of carboxylic acids is 1. The minimum absolute atomic E-state index is 0.0516. The molecule has 2 N–H and O–H groups in total. The molecular formula is C22H31N5O2. The molecule has 2 aromatic rings. The van der Waals surface area contributed by atoms with Gasteiger partial charge >= 0.3 is 5.97 Å². The van der Waals surface area contributed by atoms with Gasteiger partial charge in [-0.15, -0.1) is 0 Å².